The summed E-state index contributed by atoms with van der Waals surface area (Å²) in [6.45, 7) is -2.87. The summed E-state index contributed by atoms with van der Waals surface area (Å²) in [5.74, 6) is 0.772. The molecule has 0 heterocycles. The van der Waals surface area contributed by atoms with Crippen molar-refractivity contribution in [3.63, 3.8) is 0 Å². The van der Waals surface area contributed by atoms with E-state index in [1.807, 2.05) is 0 Å². The predicted octanol–water partition coefficient (Wildman–Crippen LogP) is 4.20. The molecule has 2 aromatic rings. The van der Waals surface area contributed by atoms with E-state index in [1.165, 1.54) is 32.4 Å². The summed E-state index contributed by atoms with van der Waals surface area (Å²) in [6.07, 6.45) is 2.95. The molecule has 0 fully saturated rings. The number of allylic oxidation sites excluding steroid dienone is 1. The predicted molar refractivity (Wildman–Crippen MR) is 86.0 cm³/mol. The summed E-state index contributed by atoms with van der Waals surface area (Å²) < 4.78 is 38.7. The van der Waals surface area contributed by atoms with Crippen LogP contribution < -0.4 is 14.2 Å². The lowest BCUT2D eigenvalue weighted by atomic mass is 10.1. The van der Waals surface area contributed by atoms with E-state index in [-0.39, 0.29) is 11.5 Å². The zero-order chi connectivity index (χ0) is 17.5. The van der Waals surface area contributed by atoms with Crippen LogP contribution in [0.25, 0.3) is 6.08 Å². The van der Waals surface area contributed by atoms with Crippen molar-refractivity contribution >= 4 is 11.9 Å². The van der Waals surface area contributed by atoms with Crippen LogP contribution in [-0.2, 0) is 0 Å². The zero-order valence-corrected chi connectivity index (χ0v) is 13.2. The molecule has 2 aromatic carbocycles. The first-order chi connectivity index (χ1) is 11.5. The van der Waals surface area contributed by atoms with Crippen molar-refractivity contribution in [2.24, 2.45) is 0 Å². The number of benzene rings is 2. The summed E-state index contributed by atoms with van der Waals surface area (Å²) in [6, 6.07) is 10.9. The summed E-state index contributed by atoms with van der Waals surface area (Å²) in [4.78, 5) is 12.3. The lowest BCUT2D eigenvalue weighted by Gasteiger charge is -2.08. The number of hydrogen-bond acceptors (Lipinski definition) is 4. The summed E-state index contributed by atoms with van der Waals surface area (Å²) in [5.41, 5.74) is 1.04. The first-order valence-corrected chi connectivity index (χ1v) is 7.03. The quantitative estimate of drug-likeness (QED) is 0.562. The number of halogens is 2. The highest BCUT2D eigenvalue weighted by Crippen LogP contribution is 2.25. The van der Waals surface area contributed by atoms with Gasteiger partial charge in [-0.1, -0.05) is 18.2 Å². The Bertz CT molecular complexity index is 724. The Labute approximate surface area is 138 Å². The average Bonchev–Trinajstić information content (AvgIpc) is 2.59. The minimum absolute atomic E-state index is 0.0583. The van der Waals surface area contributed by atoms with Gasteiger partial charge >= 0.3 is 6.61 Å². The third kappa shape index (κ3) is 4.55. The van der Waals surface area contributed by atoms with Gasteiger partial charge in [0, 0.05) is 0 Å². The maximum atomic E-state index is 12.3. The fourth-order valence-corrected chi connectivity index (χ4v) is 2.03. The molecule has 0 amide bonds. The number of hydrogen-bond donors (Lipinski definition) is 0. The maximum absolute atomic E-state index is 12.3. The topological polar surface area (TPSA) is 44.8 Å². The van der Waals surface area contributed by atoms with Crippen LogP contribution in [0.5, 0.6) is 17.2 Å². The summed E-state index contributed by atoms with van der Waals surface area (Å²) >= 11 is 0. The van der Waals surface area contributed by atoms with Gasteiger partial charge in [-0.3, -0.25) is 4.79 Å². The van der Waals surface area contributed by atoms with Crippen molar-refractivity contribution in [1.82, 2.24) is 0 Å². The fraction of sp³-hybridized carbons (Fsp3) is 0.167. The minimum Gasteiger partial charge on any atom is -0.497 e. The van der Waals surface area contributed by atoms with Crippen LogP contribution in [0.2, 0.25) is 0 Å². The second-order valence-electron chi connectivity index (χ2n) is 4.71. The van der Waals surface area contributed by atoms with Gasteiger partial charge in [0.1, 0.15) is 17.2 Å². The Hall–Kier alpha value is -2.89. The summed E-state index contributed by atoms with van der Waals surface area (Å²) in [5, 5.41) is 0. The average molecular weight is 334 g/mol. The highest BCUT2D eigenvalue weighted by atomic mass is 19.3. The Balaban J connectivity index is 2.15. The molecule has 4 nitrogen and oxygen atoms in total. The molecule has 0 spiro atoms. The maximum Gasteiger partial charge on any atom is 0.387 e. The fourth-order valence-electron chi connectivity index (χ4n) is 2.03. The van der Waals surface area contributed by atoms with Crippen LogP contribution in [-0.4, -0.2) is 26.6 Å². The molecule has 24 heavy (non-hydrogen) atoms. The standard InChI is InChI=1S/C18H16F2O4/c1-22-14-8-10-17(23-2)15(11-14)16(21)9-5-12-3-6-13(7-4-12)24-18(19)20/h3-11,18H,1-2H3. The van der Waals surface area contributed by atoms with Crippen molar-refractivity contribution < 1.29 is 27.8 Å². The Morgan fingerprint density at radius 3 is 2.25 bits per heavy atom. The number of alkyl halides is 2. The summed E-state index contributed by atoms with van der Waals surface area (Å²) in [7, 11) is 2.99. The monoisotopic (exact) mass is 334 g/mol. The van der Waals surface area contributed by atoms with E-state index in [9.17, 15) is 13.6 Å². The molecule has 0 saturated heterocycles. The van der Waals surface area contributed by atoms with Crippen LogP contribution in [0, 0.1) is 0 Å². The van der Waals surface area contributed by atoms with E-state index in [1.54, 1.807) is 36.4 Å². The van der Waals surface area contributed by atoms with Crippen LogP contribution in [0.3, 0.4) is 0 Å². The van der Waals surface area contributed by atoms with Gasteiger partial charge < -0.3 is 14.2 Å². The molecule has 0 unspecified atom stereocenters. The van der Waals surface area contributed by atoms with Crippen molar-refractivity contribution in [2.75, 3.05) is 14.2 Å². The van der Waals surface area contributed by atoms with E-state index in [2.05, 4.69) is 4.74 Å². The van der Waals surface area contributed by atoms with Crippen molar-refractivity contribution in [3.05, 3.63) is 59.7 Å². The molecule has 2 rings (SSSR count). The lowest BCUT2D eigenvalue weighted by molar-refractivity contribution is -0.0498. The smallest absolute Gasteiger partial charge is 0.387 e. The van der Waals surface area contributed by atoms with Crippen LogP contribution in [0.15, 0.2) is 48.5 Å². The lowest BCUT2D eigenvalue weighted by Crippen LogP contribution is -2.01. The second-order valence-corrected chi connectivity index (χ2v) is 4.71. The van der Waals surface area contributed by atoms with Gasteiger partial charge in [0.2, 0.25) is 0 Å². The minimum atomic E-state index is -2.87. The molecule has 0 bridgehead atoms. The normalized spacial score (nSPS) is 10.9. The largest absolute Gasteiger partial charge is 0.497 e. The van der Waals surface area contributed by atoms with Gasteiger partial charge in [0.25, 0.3) is 0 Å². The van der Waals surface area contributed by atoms with E-state index >= 15 is 0 Å². The van der Waals surface area contributed by atoms with E-state index in [4.69, 9.17) is 9.47 Å². The number of carbonyl (C=O) groups excluding carboxylic acids is 1. The van der Waals surface area contributed by atoms with Crippen molar-refractivity contribution in [3.8, 4) is 17.2 Å². The van der Waals surface area contributed by atoms with Gasteiger partial charge in [-0.15, -0.1) is 0 Å². The Morgan fingerprint density at radius 1 is 1.00 bits per heavy atom. The molecule has 6 heteroatoms. The number of ketones is 1. The molecule has 0 aliphatic rings. The molecule has 0 aromatic heterocycles. The van der Waals surface area contributed by atoms with Crippen LogP contribution in [0.4, 0.5) is 8.78 Å². The SMILES string of the molecule is COc1ccc(OC)c(C(=O)C=Cc2ccc(OC(F)F)cc2)c1. The Kier molecular flexibility index (Phi) is 5.89. The van der Waals surface area contributed by atoms with Gasteiger partial charge in [0.15, 0.2) is 5.78 Å². The first-order valence-electron chi connectivity index (χ1n) is 7.03. The highest BCUT2D eigenvalue weighted by Gasteiger charge is 2.11. The molecule has 126 valence electrons. The highest BCUT2D eigenvalue weighted by molar-refractivity contribution is 6.08. The third-order valence-electron chi connectivity index (χ3n) is 3.20. The van der Waals surface area contributed by atoms with Crippen LogP contribution in [0.1, 0.15) is 15.9 Å². The number of rotatable bonds is 7. The Morgan fingerprint density at radius 2 is 1.67 bits per heavy atom. The zero-order valence-electron chi connectivity index (χ0n) is 13.2. The number of ether oxygens (including phenoxy) is 3. The van der Waals surface area contributed by atoms with Gasteiger partial charge in [-0.25, -0.2) is 0 Å². The van der Waals surface area contributed by atoms with Crippen LogP contribution >= 0.6 is 0 Å². The molecule has 0 N–H and O–H groups in total. The number of carbonyl (C=O) groups is 1. The molecular weight excluding hydrogens is 318 g/mol. The molecular formula is C18H16F2O4. The molecule has 0 saturated carbocycles. The molecule has 0 aliphatic carbocycles. The van der Waals surface area contributed by atoms with Gasteiger partial charge in [-0.05, 0) is 42.0 Å². The van der Waals surface area contributed by atoms with E-state index in [0.29, 0.717) is 22.6 Å². The second kappa shape index (κ2) is 8.10. The van der Waals surface area contributed by atoms with Crippen molar-refractivity contribution in [1.29, 1.82) is 0 Å². The van der Waals surface area contributed by atoms with Gasteiger partial charge in [0.05, 0.1) is 19.8 Å². The van der Waals surface area contributed by atoms with E-state index < -0.39 is 6.61 Å². The third-order valence-corrected chi connectivity index (χ3v) is 3.20. The van der Waals surface area contributed by atoms with Gasteiger partial charge in [-0.2, -0.15) is 8.78 Å². The molecule has 0 aliphatic heterocycles. The number of methoxy groups -OCH3 is 2. The first kappa shape index (κ1) is 17.5. The van der Waals surface area contributed by atoms with Crippen molar-refractivity contribution in [2.45, 2.75) is 6.61 Å². The van der Waals surface area contributed by atoms with E-state index in [0.717, 1.165) is 0 Å². The molecule has 0 atom stereocenters. The molecule has 0 radical (unpaired) electrons.